The molecule has 1 aromatic carbocycles. The Balaban J connectivity index is 1.98. The van der Waals surface area contributed by atoms with Gasteiger partial charge in [-0.3, -0.25) is 14.9 Å². The molecule has 0 radical (unpaired) electrons. The summed E-state index contributed by atoms with van der Waals surface area (Å²) in [7, 11) is 0. The molecule has 0 saturated carbocycles. The molecule has 0 aliphatic heterocycles. The molecule has 2 aromatic heterocycles. The Kier molecular flexibility index (Phi) is 5.46. The molecule has 6 heteroatoms. The molecule has 128 valence electrons. The number of carbonyl (C=O) groups excluding carboxylic acids is 1. The van der Waals surface area contributed by atoms with Crippen molar-refractivity contribution >= 4 is 17.6 Å². The molecule has 0 saturated heterocycles. The van der Waals surface area contributed by atoms with E-state index in [1.807, 2.05) is 36.4 Å². The average Bonchev–Trinajstić information content (AvgIpc) is 3.05. The van der Waals surface area contributed by atoms with E-state index in [1.165, 1.54) is 0 Å². The van der Waals surface area contributed by atoms with E-state index in [-0.39, 0.29) is 5.97 Å². The summed E-state index contributed by atoms with van der Waals surface area (Å²) < 4.78 is 5.02. The molecule has 3 aromatic rings. The summed E-state index contributed by atoms with van der Waals surface area (Å²) in [4.78, 5) is 15.8. The fraction of sp³-hybridized carbons (Fsp3) is 0.211. The van der Waals surface area contributed by atoms with Crippen LogP contribution in [-0.4, -0.2) is 27.8 Å². The zero-order valence-corrected chi connectivity index (χ0v) is 14.6. The standard InChI is InChI=1S/C19H18ClN3O2/c1-2-25-17(24)8-7-16-18(13-9-11-21-12-10-13)19(23-22-16)14-3-5-15(20)6-4-14/h3-6,9-12H,2,7-8H2,1H3,(H,22,23). The van der Waals surface area contributed by atoms with E-state index in [4.69, 9.17) is 16.3 Å². The number of hydrogen-bond acceptors (Lipinski definition) is 4. The van der Waals surface area contributed by atoms with Crippen molar-refractivity contribution in [2.75, 3.05) is 6.61 Å². The van der Waals surface area contributed by atoms with Gasteiger partial charge in [-0.05, 0) is 36.8 Å². The molecule has 3 rings (SSSR count). The Bertz CT molecular complexity index is 845. The summed E-state index contributed by atoms with van der Waals surface area (Å²) in [6.07, 6.45) is 4.30. The molecule has 0 unspecified atom stereocenters. The van der Waals surface area contributed by atoms with Crippen LogP contribution >= 0.6 is 11.6 Å². The monoisotopic (exact) mass is 355 g/mol. The van der Waals surface area contributed by atoms with E-state index >= 15 is 0 Å². The summed E-state index contributed by atoms with van der Waals surface area (Å²) in [6, 6.07) is 11.4. The van der Waals surface area contributed by atoms with Crippen molar-refractivity contribution in [2.45, 2.75) is 19.8 Å². The molecule has 5 nitrogen and oxygen atoms in total. The second-order valence-corrected chi connectivity index (χ2v) is 5.91. The highest BCUT2D eigenvalue weighted by molar-refractivity contribution is 6.30. The normalized spacial score (nSPS) is 10.6. The Morgan fingerprint density at radius 3 is 2.52 bits per heavy atom. The van der Waals surface area contributed by atoms with Crippen molar-refractivity contribution in [3.8, 4) is 22.4 Å². The van der Waals surface area contributed by atoms with Crippen molar-refractivity contribution in [1.29, 1.82) is 0 Å². The number of aromatic nitrogens is 3. The average molecular weight is 356 g/mol. The van der Waals surface area contributed by atoms with Crippen LogP contribution < -0.4 is 0 Å². The van der Waals surface area contributed by atoms with Gasteiger partial charge in [0.25, 0.3) is 0 Å². The van der Waals surface area contributed by atoms with Gasteiger partial charge in [-0.15, -0.1) is 0 Å². The number of aromatic amines is 1. The Morgan fingerprint density at radius 2 is 1.84 bits per heavy atom. The fourth-order valence-electron chi connectivity index (χ4n) is 2.67. The Morgan fingerprint density at radius 1 is 1.12 bits per heavy atom. The maximum absolute atomic E-state index is 11.7. The smallest absolute Gasteiger partial charge is 0.306 e. The van der Waals surface area contributed by atoms with E-state index in [2.05, 4.69) is 15.2 Å². The largest absolute Gasteiger partial charge is 0.466 e. The maximum Gasteiger partial charge on any atom is 0.306 e. The number of rotatable bonds is 6. The number of H-pyrrole nitrogens is 1. The second-order valence-electron chi connectivity index (χ2n) is 5.47. The number of aryl methyl sites for hydroxylation is 1. The third-order valence-electron chi connectivity index (χ3n) is 3.81. The van der Waals surface area contributed by atoms with Gasteiger partial charge in [0.05, 0.1) is 13.0 Å². The predicted octanol–water partition coefficient (Wildman–Crippen LogP) is 4.29. The van der Waals surface area contributed by atoms with Crippen LogP contribution in [0.3, 0.4) is 0 Å². The van der Waals surface area contributed by atoms with Crippen molar-refractivity contribution in [2.24, 2.45) is 0 Å². The number of benzene rings is 1. The highest BCUT2D eigenvalue weighted by Gasteiger charge is 2.17. The molecular weight excluding hydrogens is 338 g/mol. The van der Waals surface area contributed by atoms with E-state index in [9.17, 15) is 4.79 Å². The lowest BCUT2D eigenvalue weighted by Gasteiger charge is -2.07. The topological polar surface area (TPSA) is 67.9 Å². The van der Waals surface area contributed by atoms with Gasteiger partial charge in [-0.2, -0.15) is 5.10 Å². The van der Waals surface area contributed by atoms with Gasteiger partial charge in [-0.1, -0.05) is 23.7 Å². The van der Waals surface area contributed by atoms with Gasteiger partial charge < -0.3 is 4.74 Å². The molecular formula is C19H18ClN3O2. The van der Waals surface area contributed by atoms with E-state index in [0.717, 1.165) is 28.1 Å². The minimum absolute atomic E-state index is 0.217. The van der Waals surface area contributed by atoms with Gasteiger partial charge in [0.15, 0.2) is 0 Å². The van der Waals surface area contributed by atoms with Crippen LogP contribution in [0.5, 0.6) is 0 Å². The first-order chi connectivity index (χ1) is 12.2. The second kappa shape index (κ2) is 7.94. The SMILES string of the molecule is CCOC(=O)CCc1[nH]nc(-c2ccc(Cl)cc2)c1-c1ccncc1. The fourth-order valence-corrected chi connectivity index (χ4v) is 2.79. The van der Waals surface area contributed by atoms with Crippen LogP contribution in [0.25, 0.3) is 22.4 Å². The van der Waals surface area contributed by atoms with Crippen molar-refractivity contribution in [3.63, 3.8) is 0 Å². The highest BCUT2D eigenvalue weighted by atomic mass is 35.5. The van der Waals surface area contributed by atoms with Gasteiger partial charge >= 0.3 is 5.97 Å². The van der Waals surface area contributed by atoms with Gasteiger partial charge in [0.2, 0.25) is 0 Å². The summed E-state index contributed by atoms with van der Waals surface area (Å²) in [5.41, 5.74) is 4.63. The van der Waals surface area contributed by atoms with Crippen LogP contribution in [0.4, 0.5) is 0 Å². The molecule has 0 atom stereocenters. The summed E-state index contributed by atoms with van der Waals surface area (Å²) >= 11 is 5.99. The van der Waals surface area contributed by atoms with E-state index in [0.29, 0.717) is 24.5 Å². The zero-order valence-electron chi connectivity index (χ0n) is 13.8. The molecule has 2 heterocycles. The number of pyridine rings is 1. The van der Waals surface area contributed by atoms with Gasteiger partial charge in [0, 0.05) is 40.7 Å². The number of hydrogen-bond donors (Lipinski definition) is 1. The molecule has 1 N–H and O–H groups in total. The maximum atomic E-state index is 11.7. The van der Waals surface area contributed by atoms with Gasteiger partial charge in [0.1, 0.15) is 5.69 Å². The molecule has 0 aliphatic rings. The van der Waals surface area contributed by atoms with Crippen molar-refractivity contribution in [3.05, 3.63) is 59.5 Å². The Labute approximate surface area is 151 Å². The number of halogens is 1. The van der Waals surface area contributed by atoms with Crippen molar-refractivity contribution < 1.29 is 9.53 Å². The quantitative estimate of drug-likeness (QED) is 0.670. The number of esters is 1. The number of ether oxygens (including phenoxy) is 1. The molecule has 0 aliphatic carbocycles. The number of nitrogens with one attached hydrogen (secondary N) is 1. The first kappa shape index (κ1) is 17.2. The summed E-state index contributed by atoms with van der Waals surface area (Å²) in [5, 5.41) is 8.22. The zero-order chi connectivity index (χ0) is 17.6. The molecule has 0 bridgehead atoms. The van der Waals surface area contributed by atoms with Crippen LogP contribution in [0.15, 0.2) is 48.8 Å². The van der Waals surface area contributed by atoms with Gasteiger partial charge in [-0.25, -0.2) is 0 Å². The minimum Gasteiger partial charge on any atom is -0.466 e. The van der Waals surface area contributed by atoms with Crippen molar-refractivity contribution in [1.82, 2.24) is 15.2 Å². The molecule has 0 fully saturated rings. The summed E-state index contributed by atoms with van der Waals surface area (Å²) in [5.74, 6) is -0.217. The van der Waals surface area contributed by atoms with Crippen LogP contribution in [0.1, 0.15) is 19.0 Å². The Hall–Kier alpha value is -2.66. The molecule has 0 amide bonds. The third-order valence-corrected chi connectivity index (χ3v) is 4.06. The molecule has 0 spiro atoms. The van der Waals surface area contributed by atoms with Crippen LogP contribution in [0, 0.1) is 0 Å². The third kappa shape index (κ3) is 4.06. The number of nitrogens with zero attached hydrogens (tertiary/aromatic N) is 2. The predicted molar refractivity (Wildman–Crippen MR) is 97.2 cm³/mol. The minimum atomic E-state index is -0.217. The first-order valence-corrected chi connectivity index (χ1v) is 8.46. The molecule has 25 heavy (non-hydrogen) atoms. The summed E-state index contributed by atoms with van der Waals surface area (Å²) in [6.45, 7) is 2.18. The van der Waals surface area contributed by atoms with Crippen LogP contribution in [0.2, 0.25) is 5.02 Å². The van der Waals surface area contributed by atoms with E-state index in [1.54, 1.807) is 19.3 Å². The lowest BCUT2D eigenvalue weighted by molar-refractivity contribution is -0.143. The first-order valence-electron chi connectivity index (χ1n) is 8.08. The highest BCUT2D eigenvalue weighted by Crippen LogP contribution is 2.34. The van der Waals surface area contributed by atoms with Crippen LogP contribution in [-0.2, 0) is 16.0 Å². The number of carbonyl (C=O) groups is 1. The lowest BCUT2D eigenvalue weighted by atomic mass is 9.98. The lowest BCUT2D eigenvalue weighted by Crippen LogP contribution is -2.05. The van der Waals surface area contributed by atoms with E-state index < -0.39 is 0 Å².